The van der Waals surface area contributed by atoms with Gasteiger partial charge in [0, 0.05) is 18.0 Å². The van der Waals surface area contributed by atoms with E-state index in [1.807, 2.05) is 19.1 Å². The van der Waals surface area contributed by atoms with Crippen LogP contribution in [0.1, 0.15) is 11.1 Å². The lowest BCUT2D eigenvalue weighted by Gasteiger charge is -2.04. The van der Waals surface area contributed by atoms with Crippen molar-refractivity contribution in [2.75, 3.05) is 0 Å². The van der Waals surface area contributed by atoms with Gasteiger partial charge in [-0.25, -0.2) is 4.98 Å². The highest BCUT2D eigenvalue weighted by Crippen LogP contribution is 2.22. The molecule has 0 aliphatic rings. The van der Waals surface area contributed by atoms with Crippen LogP contribution in [-0.2, 0) is 4.79 Å². The van der Waals surface area contributed by atoms with Crippen LogP contribution < -0.4 is 0 Å². The van der Waals surface area contributed by atoms with Crippen LogP contribution >= 0.6 is 0 Å². The van der Waals surface area contributed by atoms with E-state index < -0.39 is 0 Å². The second-order valence-corrected chi connectivity index (χ2v) is 3.42. The molecule has 78 valence electrons. The molecule has 1 aromatic heterocycles. The number of carbonyl (C=O) groups is 1. The van der Waals surface area contributed by atoms with Crippen LogP contribution in [-0.4, -0.2) is 16.0 Å². The van der Waals surface area contributed by atoms with Gasteiger partial charge < -0.3 is 0 Å². The van der Waals surface area contributed by atoms with Gasteiger partial charge >= 0.3 is 0 Å². The molecule has 0 bridgehead atoms. The van der Waals surface area contributed by atoms with Crippen molar-refractivity contribution in [2.45, 2.75) is 6.92 Å². The van der Waals surface area contributed by atoms with Gasteiger partial charge in [0.2, 0.25) is 6.41 Å². The maximum Gasteiger partial charge on any atom is 0.219 e. The van der Waals surface area contributed by atoms with Gasteiger partial charge in [-0.2, -0.15) is 5.26 Å². The minimum absolute atomic E-state index is 0.496. The Kier molecular flexibility index (Phi) is 2.52. The van der Waals surface area contributed by atoms with Crippen LogP contribution in [0.2, 0.25) is 0 Å². The number of aryl methyl sites for hydroxylation is 1. The number of rotatable bonds is 2. The van der Waals surface area contributed by atoms with Gasteiger partial charge in [-0.05, 0) is 19.1 Å². The minimum Gasteiger partial charge on any atom is -0.278 e. The summed E-state index contributed by atoms with van der Waals surface area (Å²) < 4.78 is 1.36. The van der Waals surface area contributed by atoms with E-state index in [1.54, 1.807) is 12.3 Å². The fourth-order valence-electron chi connectivity index (χ4n) is 1.55. The predicted molar refractivity (Wildman–Crippen MR) is 59.3 cm³/mol. The molecule has 0 aliphatic heterocycles. The fraction of sp³-hybridized carbons (Fsp3) is 0.0833. The molecule has 16 heavy (non-hydrogen) atoms. The lowest BCUT2D eigenvalue weighted by molar-refractivity contribution is 0.548. The molecule has 0 saturated heterocycles. The number of nitriles is 1. The highest BCUT2D eigenvalue weighted by molar-refractivity contribution is 5.71. The zero-order valence-corrected chi connectivity index (χ0v) is 8.71. The Bertz CT molecular complexity index is 578. The monoisotopic (exact) mass is 211 g/mol. The summed E-state index contributed by atoms with van der Waals surface area (Å²) in [5.74, 6) is 0.496. The summed E-state index contributed by atoms with van der Waals surface area (Å²) in [7, 11) is 0. The van der Waals surface area contributed by atoms with Crippen molar-refractivity contribution in [3.8, 4) is 17.5 Å². The molecule has 1 aromatic carbocycles. The highest BCUT2D eigenvalue weighted by atomic mass is 16.1. The fourth-order valence-corrected chi connectivity index (χ4v) is 1.55. The maximum absolute atomic E-state index is 10.8. The number of carbonyl (C=O) groups excluding carboxylic acids is 1. The number of hydrogen-bond acceptors (Lipinski definition) is 3. The third kappa shape index (κ3) is 1.59. The summed E-state index contributed by atoms with van der Waals surface area (Å²) in [6.45, 7) is 1.93. The smallest absolute Gasteiger partial charge is 0.219 e. The molecule has 4 heteroatoms. The third-order valence-electron chi connectivity index (χ3n) is 2.32. The van der Waals surface area contributed by atoms with Crippen LogP contribution in [0.15, 0.2) is 30.6 Å². The Morgan fingerprint density at radius 2 is 2.31 bits per heavy atom. The lowest BCUT2D eigenvalue weighted by atomic mass is 10.0. The molecule has 2 rings (SSSR count). The van der Waals surface area contributed by atoms with Crippen LogP contribution in [0.4, 0.5) is 0 Å². The first kappa shape index (κ1) is 10.1. The molecule has 0 fully saturated rings. The van der Waals surface area contributed by atoms with Crippen molar-refractivity contribution >= 4 is 6.41 Å². The molecule has 0 saturated carbocycles. The summed E-state index contributed by atoms with van der Waals surface area (Å²) in [4.78, 5) is 14.9. The van der Waals surface area contributed by atoms with Gasteiger partial charge in [0.15, 0.2) is 0 Å². The number of imidazole rings is 1. The largest absolute Gasteiger partial charge is 0.278 e. The van der Waals surface area contributed by atoms with Crippen LogP contribution in [0.3, 0.4) is 0 Å². The zero-order chi connectivity index (χ0) is 11.5. The van der Waals surface area contributed by atoms with E-state index in [1.165, 1.54) is 10.8 Å². The summed E-state index contributed by atoms with van der Waals surface area (Å²) >= 11 is 0. The number of benzene rings is 1. The topological polar surface area (TPSA) is 58.7 Å². The maximum atomic E-state index is 10.8. The van der Waals surface area contributed by atoms with E-state index in [2.05, 4.69) is 11.1 Å². The van der Waals surface area contributed by atoms with Crippen LogP contribution in [0, 0.1) is 18.3 Å². The molecule has 2 aromatic rings. The number of hydrogen-bond donors (Lipinski definition) is 0. The van der Waals surface area contributed by atoms with Gasteiger partial charge in [0.1, 0.15) is 5.82 Å². The van der Waals surface area contributed by atoms with Crippen molar-refractivity contribution in [1.82, 2.24) is 9.55 Å². The predicted octanol–water partition coefficient (Wildman–Crippen LogP) is 1.77. The molecule has 0 spiro atoms. The van der Waals surface area contributed by atoms with Crippen LogP contribution in [0.25, 0.3) is 11.4 Å². The van der Waals surface area contributed by atoms with Crippen LogP contribution in [0.5, 0.6) is 0 Å². The molecular weight excluding hydrogens is 202 g/mol. The average molecular weight is 211 g/mol. The Hall–Kier alpha value is -2.41. The molecule has 0 radical (unpaired) electrons. The van der Waals surface area contributed by atoms with Crippen molar-refractivity contribution in [1.29, 1.82) is 5.26 Å². The Labute approximate surface area is 92.8 Å². The van der Waals surface area contributed by atoms with Crippen molar-refractivity contribution in [2.24, 2.45) is 0 Å². The third-order valence-corrected chi connectivity index (χ3v) is 2.32. The van der Waals surface area contributed by atoms with E-state index in [0.29, 0.717) is 23.4 Å². The summed E-state index contributed by atoms with van der Waals surface area (Å²) in [5, 5.41) is 9.00. The van der Waals surface area contributed by atoms with E-state index in [9.17, 15) is 4.79 Å². The first-order chi connectivity index (χ1) is 7.76. The molecule has 0 atom stereocenters. The van der Waals surface area contributed by atoms with Gasteiger partial charge in [-0.15, -0.1) is 0 Å². The van der Waals surface area contributed by atoms with Crippen molar-refractivity contribution < 1.29 is 4.79 Å². The average Bonchev–Trinajstić information content (AvgIpc) is 2.76. The van der Waals surface area contributed by atoms with E-state index in [4.69, 9.17) is 5.26 Å². The van der Waals surface area contributed by atoms with E-state index in [0.717, 1.165) is 5.56 Å². The molecular formula is C12H9N3O. The Balaban J connectivity index is 2.68. The van der Waals surface area contributed by atoms with E-state index >= 15 is 0 Å². The van der Waals surface area contributed by atoms with E-state index in [-0.39, 0.29) is 0 Å². The summed E-state index contributed by atoms with van der Waals surface area (Å²) in [6.07, 6.45) is 3.77. The molecule has 0 N–H and O–H groups in total. The Morgan fingerprint density at radius 3 is 3.00 bits per heavy atom. The lowest BCUT2D eigenvalue weighted by Crippen LogP contribution is -1.98. The molecule has 0 unspecified atom stereocenters. The second-order valence-electron chi connectivity index (χ2n) is 3.42. The number of nitrogens with zero attached hydrogens (tertiary/aromatic N) is 3. The Morgan fingerprint density at radius 1 is 1.50 bits per heavy atom. The number of aromatic nitrogens is 2. The van der Waals surface area contributed by atoms with Gasteiger partial charge in [0.05, 0.1) is 11.6 Å². The SMILES string of the molecule is Cc1ccc(C#N)c(-c2nccn2C=O)c1. The minimum atomic E-state index is 0.496. The van der Waals surface area contributed by atoms with Crippen molar-refractivity contribution in [3.63, 3.8) is 0 Å². The molecule has 0 amide bonds. The normalized spacial score (nSPS) is 9.75. The quantitative estimate of drug-likeness (QED) is 0.711. The first-order valence-electron chi connectivity index (χ1n) is 4.75. The van der Waals surface area contributed by atoms with Crippen molar-refractivity contribution in [3.05, 3.63) is 41.7 Å². The first-order valence-corrected chi connectivity index (χ1v) is 4.75. The molecule has 0 aliphatic carbocycles. The second kappa shape index (κ2) is 3.99. The molecule has 1 heterocycles. The van der Waals surface area contributed by atoms with Gasteiger partial charge in [-0.3, -0.25) is 9.36 Å². The summed E-state index contributed by atoms with van der Waals surface area (Å²) in [6, 6.07) is 7.53. The molecule has 4 nitrogen and oxygen atoms in total. The highest BCUT2D eigenvalue weighted by Gasteiger charge is 2.10. The zero-order valence-electron chi connectivity index (χ0n) is 8.71. The standard InChI is InChI=1S/C12H9N3O/c1-9-2-3-10(7-13)11(6-9)12-14-4-5-15(12)8-16/h2-6,8H,1H3. The summed E-state index contributed by atoms with van der Waals surface area (Å²) in [5.41, 5.74) is 2.22. The van der Waals surface area contributed by atoms with Gasteiger partial charge in [0.25, 0.3) is 0 Å². The van der Waals surface area contributed by atoms with Gasteiger partial charge in [-0.1, -0.05) is 11.6 Å².